The fraction of sp³-hybridized carbons (Fsp3) is 0.263. The summed E-state index contributed by atoms with van der Waals surface area (Å²) in [7, 11) is 0. The average molecular weight is 438 g/mol. The van der Waals surface area contributed by atoms with Crippen molar-refractivity contribution in [2.75, 3.05) is 4.90 Å². The zero-order valence-electron chi connectivity index (χ0n) is 14.0. The van der Waals surface area contributed by atoms with Crippen LogP contribution in [-0.2, 0) is 22.6 Å². The van der Waals surface area contributed by atoms with E-state index in [0.29, 0.717) is 15.7 Å². The number of aliphatic carboxylic acids is 1. The van der Waals surface area contributed by atoms with Crippen molar-refractivity contribution >= 4 is 45.3 Å². The molecule has 2 aromatic rings. The van der Waals surface area contributed by atoms with Crippen LogP contribution < -0.4 is 4.90 Å². The van der Waals surface area contributed by atoms with Gasteiger partial charge in [0, 0.05) is 14.9 Å². The quantitative estimate of drug-likeness (QED) is 0.740. The van der Waals surface area contributed by atoms with Crippen molar-refractivity contribution in [1.82, 2.24) is 0 Å². The van der Waals surface area contributed by atoms with E-state index < -0.39 is 17.0 Å². The number of amides is 1. The van der Waals surface area contributed by atoms with Gasteiger partial charge in [0.25, 0.3) is 0 Å². The summed E-state index contributed by atoms with van der Waals surface area (Å²) in [5, 5.41) is 8.42. The van der Waals surface area contributed by atoms with E-state index in [2.05, 4.69) is 15.9 Å². The second kappa shape index (κ2) is 7.80. The van der Waals surface area contributed by atoms with Crippen LogP contribution in [0.15, 0.2) is 45.8 Å². The maximum absolute atomic E-state index is 14.3. The molecule has 0 aliphatic carbocycles. The first-order valence-electron chi connectivity index (χ1n) is 8.15. The predicted octanol–water partition coefficient (Wildman–Crippen LogP) is 4.63. The van der Waals surface area contributed by atoms with Gasteiger partial charge in [-0.15, -0.1) is 11.8 Å². The van der Waals surface area contributed by atoms with E-state index in [1.54, 1.807) is 12.1 Å². The minimum absolute atomic E-state index is 0.0626. The number of benzene rings is 2. The topological polar surface area (TPSA) is 57.6 Å². The molecule has 1 aliphatic heterocycles. The van der Waals surface area contributed by atoms with Gasteiger partial charge in [0.05, 0.1) is 23.9 Å². The summed E-state index contributed by atoms with van der Waals surface area (Å²) in [5.41, 5.74) is 2.18. The summed E-state index contributed by atoms with van der Waals surface area (Å²) < 4.78 is 14.9. The summed E-state index contributed by atoms with van der Waals surface area (Å²) >= 11 is 4.49. The normalized spacial score (nSPS) is 16.5. The molecule has 1 atom stereocenters. The number of anilines is 1. The van der Waals surface area contributed by atoms with Crippen molar-refractivity contribution in [1.29, 1.82) is 0 Å². The van der Waals surface area contributed by atoms with E-state index in [-0.39, 0.29) is 18.9 Å². The molecule has 0 aromatic heterocycles. The second-order valence-corrected chi connectivity index (χ2v) is 8.18. The van der Waals surface area contributed by atoms with Crippen LogP contribution in [0, 0.1) is 5.82 Å². The first kappa shape index (κ1) is 18.9. The molecule has 0 fully saturated rings. The predicted molar refractivity (Wildman–Crippen MR) is 103 cm³/mol. The number of halogens is 2. The third-order valence-corrected chi connectivity index (χ3v) is 5.96. The molecule has 1 amide bonds. The minimum Gasteiger partial charge on any atom is -0.481 e. The molecule has 1 unspecified atom stereocenters. The Hall–Kier alpha value is -1.86. The number of rotatable bonds is 5. The fourth-order valence-corrected chi connectivity index (χ4v) is 4.48. The Morgan fingerprint density at radius 2 is 2.08 bits per heavy atom. The molecule has 1 heterocycles. The van der Waals surface area contributed by atoms with E-state index in [9.17, 15) is 14.0 Å². The summed E-state index contributed by atoms with van der Waals surface area (Å²) in [6, 6.07) is 10.5. The van der Waals surface area contributed by atoms with Crippen LogP contribution in [-0.4, -0.2) is 22.2 Å². The van der Waals surface area contributed by atoms with Gasteiger partial charge in [0.1, 0.15) is 5.82 Å². The standard InChI is InChI=1S/C19H17BrFNO3S/c1-2-11-3-6-15-16(7-11)26-17(9-18(23)24)19(25)22(15)10-12-4-5-13(20)8-14(12)21/h3-8,17H,2,9-10H2,1H3,(H,23,24). The monoisotopic (exact) mass is 437 g/mol. The van der Waals surface area contributed by atoms with Crippen LogP contribution in [0.1, 0.15) is 24.5 Å². The molecular formula is C19H17BrFNO3S. The van der Waals surface area contributed by atoms with Gasteiger partial charge in [-0.1, -0.05) is 35.0 Å². The third kappa shape index (κ3) is 3.94. The second-order valence-electron chi connectivity index (χ2n) is 6.02. The molecule has 0 bridgehead atoms. The summed E-state index contributed by atoms with van der Waals surface area (Å²) in [4.78, 5) is 26.4. The Labute approximate surface area is 163 Å². The highest BCUT2D eigenvalue weighted by Crippen LogP contribution is 2.41. The van der Waals surface area contributed by atoms with Gasteiger partial charge in [-0.2, -0.15) is 0 Å². The number of hydrogen-bond acceptors (Lipinski definition) is 3. The number of carbonyl (C=O) groups excluding carboxylic acids is 1. The average Bonchev–Trinajstić information content (AvgIpc) is 2.59. The Balaban J connectivity index is 2.00. The number of nitrogens with zero attached hydrogens (tertiary/aromatic N) is 1. The molecule has 0 saturated carbocycles. The lowest BCUT2D eigenvalue weighted by molar-refractivity contribution is -0.138. The number of carbonyl (C=O) groups is 2. The maximum Gasteiger partial charge on any atom is 0.305 e. The molecule has 136 valence electrons. The summed E-state index contributed by atoms with van der Waals surface area (Å²) in [5.74, 6) is -1.75. The van der Waals surface area contributed by atoms with E-state index in [1.165, 1.54) is 22.7 Å². The number of thioether (sulfide) groups is 1. The lowest BCUT2D eigenvalue weighted by atomic mass is 10.1. The molecule has 4 nitrogen and oxygen atoms in total. The first-order valence-corrected chi connectivity index (χ1v) is 9.83. The Morgan fingerprint density at radius 3 is 2.73 bits per heavy atom. The van der Waals surface area contributed by atoms with E-state index in [1.807, 2.05) is 25.1 Å². The van der Waals surface area contributed by atoms with Crippen LogP contribution in [0.5, 0.6) is 0 Å². The highest BCUT2D eigenvalue weighted by atomic mass is 79.9. The molecule has 0 saturated heterocycles. The number of carboxylic acid groups (broad SMARTS) is 1. The number of aryl methyl sites for hydroxylation is 1. The van der Waals surface area contributed by atoms with E-state index in [4.69, 9.17) is 5.11 Å². The van der Waals surface area contributed by atoms with Gasteiger partial charge in [-0.25, -0.2) is 4.39 Å². The molecule has 0 spiro atoms. The largest absolute Gasteiger partial charge is 0.481 e. The third-order valence-electron chi connectivity index (χ3n) is 4.24. The first-order chi connectivity index (χ1) is 12.4. The Bertz CT molecular complexity index is 874. The number of hydrogen-bond donors (Lipinski definition) is 1. The van der Waals surface area contributed by atoms with Gasteiger partial charge in [-0.05, 0) is 36.2 Å². The van der Waals surface area contributed by atoms with Gasteiger partial charge in [-0.3, -0.25) is 9.59 Å². The lowest BCUT2D eigenvalue weighted by Crippen LogP contribution is -2.41. The lowest BCUT2D eigenvalue weighted by Gasteiger charge is -2.33. The van der Waals surface area contributed by atoms with Gasteiger partial charge < -0.3 is 10.0 Å². The highest BCUT2D eigenvalue weighted by molar-refractivity contribution is 9.10. The van der Waals surface area contributed by atoms with Crippen molar-refractivity contribution in [3.8, 4) is 0 Å². The fourth-order valence-electron chi connectivity index (χ4n) is 2.86. The zero-order valence-corrected chi connectivity index (χ0v) is 16.4. The van der Waals surface area contributed by atoms with Crippen molar-refractivity contribution < 1.29 is 19.1 Å². The van der Waals surface area contributed by atoms with Crippen LogP contribution in [0.25, 0.3) is 0 Å². The molecule has 7 heteroatoms. The number of fused-ring (bicyclic) bond motifs is 1. The van der Waals surface area contributed by atoms with Crippen LogP contribution in [0.2, 0.25) is 0 Å². The van der Waals surface area contributed by atoms with Crippen LogP contribution >= 0.6 is 27.7 Å². The Morgan fingerprint density at radius 1 is 1.31 bits per heavy atom. The molecule has 1 N–H and O–H groups in total. The molecule has 1 aliphatic rings. The molecule has 26 heavy (non-hydrogen) atoms. The summed E-state index contributed by atoms with van der Waals surface area (Å²) in [6.45, 7) is 2.09. The van der Waals surface area contributed by atoms with E-state index >= 15 is 0 Å². The summed E-state index contributed by atoms with van der Waals surface area (Å²) in [6.07, 6.45) is 0.575. The minimum atomic E-state index is -1.03. The van der Waals surface area contributed by atoms with Crippen molar-refractivity contribution in [3.05, 3.63) is 57.8 Å². The van der Waals surface area contributed by atoms with Crippen molar-refractivity contribution in [2.45, 2.75) is 36.5 Å². The molecule has 3 rings (SSSR count). The van der Waals surface area contributed by atoms with Crippen LogP contribution in [0.4, 0.5) is 10.1 Å². The Kier molecular flexibility index (Phi) is 5.67. The highest BCUT2D eigenvalue weighted by Gasteiger charge is 2.35. The van der Waals surface area contributed by atoms with Gasteiger partial charge in [0.15, 0.2) is 0 Å². The smallest absolute Gasteiger partial charge is 0.305 e. The van der Waals surface area contributed by atoms with Crippen molar-refractivity contribution in [2.24, 2.45) is 0 Å². The molecule has 0 radical (unpaired) electrons. The SMILES string of the molecule is CCc1ccc2c(c1)SC(CC(=O)O)C(=O)N2Cc1ccc(Br)cc1F. The molecule has 2 aromatic carbocycles. The van der Waals surface area contributed by atoms with Crippen molar-refractivity contribution in [3.63, 3.8) is 0 Å². The molecular weight excluding hydrogens is 421 g/mol. The van der Waals surface area contributed by atoms with E-state index in [0.717, 1.165) is 16.9 Å². The van der Waals surface area contributed by atoms with Gasteiger partial charge in [0.2, 0.25) is 5.91 Å². The maximum atomic E-state index is 14.3. The zero-order chi connectivity index (χ0) is 18.8. The van der Waals surface area contributed by atoms with Crippen LogP contribution in [0.3, 0.4) is 0 Å². The number of carboxylic acids is 1. The van der Waals surface area contributed by atoms with Gasteiger partial charge >= 0.3 is 5.97 Å².